The molecule has 0 radical (unpaired) electrons. The fraction of sp³-hybridized carbons (Fsp3) is 0.125. The van der Waals surface area contributed by atoms with Crippen LogP contribution < -0.4 is 9.91 Å². The van der Waals surface area contributed by atoms with Gasteiger partial charge < -0.3 is 5.11 Å². The molecule has 8 nitrogen and oxygen atoms in total. The number of benzene rings is 1. The predicted molar refractivity (Wildman–Crippen MR) is 89.7 cm³/mol. The molecule has 2 aromatic rings. The van der Waals surface area contributed by atoms with Gasteiger partial charge in [-0.2, -0.15) is 5.10 Å². The van der Waals surface area contributed by atoms with Crippen molar-refractivity contribution in [1.82, 2.24) is 14.8 Å². The monoisotopic (exact) mass is 326 g/mol. The Labute approximate surface area is 137 Å². The second-order valence-corrected chi connectivity index (χ2v) is 5.52. The maximum absolute atomic E-state index is 12.2. The molecule has 122 valence electrons. The first kappa shape index (κ1) is 15.6. The number of H-pyrrole nitrogens is 1. The molecule has 0 aliphatic carbocycles. The van der Waals surface area contributed by atoms with E-state index in [1.165, 1.54) is 6.08 Å². The number of anilines is 1. The smallest absolute Gasteiger partial charge is 0.409 e. The van der Waals surface area contributed by atoms with Crippen molar-refractivity contribution < 1.29 is 14.7 Å². The molecule has 0 saturated carbocycles. The molecule has 3 N–H and O–H groups in total. The van der Waals surface area contributed by atoms with Crippen molar-refractivity contribution in [2.45, 2.75) is 6.42 Å². The first-order chi connectivity index (χ1) is 11.5. The van der Waals surface area contributed by atoms with Crippen LogP contribution in [0.1, 0.15) is 5.56 Å². The summed E-state index contributed by atoms with van der Waals surface area (Å²) in [5, 5.41) is 22.3. The molecule has 0 bridgehead atoms. The number of carbonyl (C=O) groups is 2. The molecule has 3 rings (SSSR count). The summed E-state index contributed by atoms with van der Waals surface area (Å²) >= 11 is 0. The van der Waals surface area contributed by atoms with Crippen molar-refractivity contribution in [1.29, 1.82) is 0 Å². The summed E-state index contributed by atoms with van der Waals surface area (Å²) in [7, 11) is 1.84. The second kappa shape index (κ2) is 6.09. The van der Waals surface area contributed by atoms with Crippen LogP contribution in [0.2, 0.25) is 0 Å². The van der Waals surface area contributed by atoms with Crippen LogP contribution in [-0.4, -0.2) is 39.9 Å². The van der Waals surface area contributed by atoms with Crippen molar-refractivity contribution in [2.75, 3.05) is 12.4 Å². The van der Waals surface area contributed by atoms with Gasteiger partial charge >= 0.3 is 6.09 Å². The summed E-state index contributed by atoms with van der Waals surface area (Å²) in [6.07, 6.45) is 5.74. The van der Waals surface area contributed by atoms with E-state index in [4.69, 9.17) is 5.11 Å². The fourth-order valence-electron chi connectivity index (χ4n) is 2.48. The van der Waals surface area contributed by atoms with E-state index in [1.54, 1.807) is 36.8 Å². The van der Waals surface area contributed by atoms with Gasteiger partial charge in [0.2, 0.25) is 11.5 Å². The van der Waals surface area contributed by atoms with E-state index in [9.17, 15) is 9.59 Å². The molecule has 0 spiro atoms. The third-order valence-electron chi connectivity index (χ3n) is 3.69. The highest BCUT2D eigenvalue weighted by Gasteiger charge is 2.30. The molecular weight excluding hydrogens is 310 g/mol. The van der Waals surface area contributed by atoms with Gasteiger partial charge in [-0.15, -0.1) is 4.59 Å². The van der Waals surface area contributed by atoms with E-state index in [1.807, 2.05) is 13.1 Å². The largest absolute Gasteiger partial charge is 0.465 e. The Morgan fingerprint density at radius 3 is 2.96 bits per heavy atom. The van der Waals surface area contributed by atoms with Gasteiger partial charge in [0.05, 0.1) is 6.20 Å². The maximum atomic E-state index is 12.2. The summed E-state index contributed by atoms with van der Waals surface area (Å²) in [6, 6.07) is 6.88. The molecule has 1 unspecified atom stereocenters. The summed E-state index contributed by atoms with van der Waals surface area (Å²) in [5.41, 5.74) is 2.44. The normalized spacial score (nSPS) is 19.9. The van der Waals surface area contributed by atoms with Gasteiger partial charge in [0.1, 0.15) is 25.2 Å². The molecular formula is C16H16N5O3+. The van der Waals surface area contributed by atoms with Gasteiger partial charge in [-0.25, -0.2) is 4.79 Å². The Morgan fingerprint density at radius 2 is 2.25 bits per heavy atom. The summed E-state index contributed by atoms with van der Waals surface area (Å²) in [6.45, 7) is 0. The number of aromatic nitrogens is 2. The standard InChI is InChI=1S/C16H15N5O3/c1-21(13-9-17-18-10-13)6-5-15(22)14(20-21)8-11-3-2-4-12(7-11)19-16(23)24/h2-7,9-10,19H,8H2,1H3,(H-,17,18,23,24)/p+1. The van der Waals surface area contributed by atoms with Gasteiger partial charge in [0.15, 0.2) is 0 Å². The second-order valence-electron chi connectivity index (χ2n) is 5.52. The highest BCUT2D eigenvalue weighted by molar-refractivity contribution is 6.44. The Kier molecular flexibility index (Phi) is 3.97. The first-order valence-electron chi connectivity index (χ1n) is 7.23. The number of hydrogen-bond acceptors (Lipinski definition) is 4. The average molecular weight is 326 g/mol. The molecule has 1 amide bonds. The van der Waals surface area contributed by atoms with Crippen molar-refractivity contribution >= 4 is 29.0 Å². The van der Waals surface area contributed by atoms with Crippen molar-refractivity contribution in [3.63, 3.8) is 0 Å². The van der Waals surface area contributed by atoms with E-state index in [0.717, 1.165) is 11.3 Å². The minimum atomic E-state index is -1.13. The summed E-state index contributed by atoms with van der Waals surface area (Å²) < 4.78 is 0.0879. The third kappa shape index (κ3) is 3.23. The zero-order valence-corrected chi connectivity index (χ0v) is 12.9. The quantitative estimate of drug-likeness (QED) is 0.748. The number of aromatic amines is 1. The number of amides is 1. The summed E-state index contributed by atoms with van der Waals surface area (Å²) in [5.74, 6) is -0.161. The highest BCUT2D eigenvalue weighted by Crippen LogP contribution is 2.24. The van der Waals surface area contributed by atoms with Crippen molar-refractivity contribution in [3.05, 3.63) is 54.5 Å². The van der Waals surface area contributed by atoms with Gasteiger partial charge in [-0.05, 0) is 17.7 Å². The fourth-order valence-corrected chi connectivity index (χ4v) is 2.48. The lowest BCUT2D eigenvalue weighted by Crippen LogP contribution is -2.39. The lowest BCUT2D eigenvalue weighted by Gasteiger charge is -2.24. The minimum absolute atomic E-state index is 0.0879. The number of carbonyl (C=O) groups excluding carboxylic acids is 1. The number of quaternary nitrogens is 1. The molecule has 0 saturated heterocycles. The number of nitrogens with zero attached hydrogens (tertiary/aromatic N) is 3. The van der Waals surface area contributed by atoms with Crippen LogP contribution in [0, 0.1) is 0 Å². The zero-order chi connectivity index (χ0) is 17.2. The predicted octanol–water partition coefficient (Wildman–Crippen LogP) is 2.13. The molecule has 1 aliphatic rings. The van der Waals surface area contributed by atoms with Crippen molar-refractivity contribution in [2.24, 2.45) is 5.10 Å². The number of hydrogen-bond donors (Lipinski definition) is 3. The van der Waals surface area contributed by atoms with Gasteiger partial charge in [-0.1, -0.05) is 17.2 Å². The van der Waals surface area contributed by atoms with Gasteiger partial charge in [-0.3, -0.25) is 15.2 Å². The number of allylic oxidation sites excluding steroid dienone is 1. The van der Waals surface area contributed by atoms with Gasteiger partial charge in [0, 0.05) is 18.2 Å². The molecule has 1 aliphatic heterocycles. The Balaban J connectivity index is 1.87. The number of rotatable bonds is 4. The van der Waals surface area contributed by atoms with E-state index in [0.29, 0.717) is 17.8 Å². The van der Waals surface area contributed by atoms with Crippen LogP contribution in [-0.2, 0) is 11.2 Å². The van der Waals surface area contributed by atoms with Crippen LogP contribution in [0.3, 0.4) is 0 Å². The number of carboxylic acid groups (broad SMARTS) is 1. The molecule has 8 heteroatoms. The molecule has 0 fully saturated rings. The lowest BCUT2D eigenvalue weighted by atomic mass is 10.0. The highest BCUT2D eigenvalue weighted by atomic mass is 16.4. The number of nitrogens with one attached hydrogen (secondary N) is 2. The van der Waals surface area contributed by atoms with Crippen LogP contribution in [0.4, 0.5) is 16.2 Å². The molecule has 1 atom stereocenters. The van der Waals surface area contributed by atoms with Crippen molar-refractivity contribution in [3.8, 4) is 0 Å². The van der Waals surface area contributed by atoms with Gasteiger partial charge in [0.25, 0.3) is 0 Å². The SMILES string of the molecule is C[N+]1(c2cn[nH]c2)C=CC(=O)C(Cc2cccc(NC(=O)O)c2)=N1. The minimum Gasteiger partial charge on any atom is -0.465 e. The lowest BCUT2D eigenvalue weighted by molar-refractivity contribution is -0.109. The van der Waals surface area contributed by atoms with E-state index >= 15 is 0 Å². The maximum Gasteiger partial charge on any atom is 0.409 e. The summed E-state index contributed by atoms with van der Waals surface area (Å²) in [4.78, 5) is 22.9. The molecule has 2 heterocycles. The van der Waals surface area contributed by atoms with Crippen LogP contribution in [0.25, 0.3) is 0 Å². The Morgan fingerprint density at radius 1 is 1.42 bits per heavy atom. The Hall–Kier alpha value is -3.26. The average Bonchev–Trinajstić information content (AvgIpc) is 3.06. The molecule has 1 aromatic carbocycles. The van der Waals surface area contributed by atoms with Crippen LogP contribution in [0.5, 0.6) is 0 Å². The molecule has 24 heavy (non-hydrogen) atoms. The topological polar surface area (TPSA) is 107 Å². The van der Waals surface area contributed by atoms with Crippen LogP contribution >= 0.6 is 0 Å². The third-order valence-corrected chi connectivity index (χ3v) is 3.69. The number of ketones is 1. The van der Waals surface area contributed by atoms with Crippen LogP contribution in [0.15, 0.2) is 54.0 Å². The molecule has 1 aromatic heterocycles. The van der Waals surface area contributed by atoms with E-state index in [2.05, 4.69) is 20.6 Å². The van der Waals surface area contributed by atoms with E-state index < -0.39 is 6.09 Å². The first-order valence-corrected chi connectivity index (χ1v) is 7.23. The zero-order valence-electron chi connectivity index (χ0n) is 12.9. The Bertz CT molecular complexity index is 841. The van der Waals surface area contributed by atoms with E-state index in [-0.39, 0.29) is 10.4 Å².